The van der Waals surface area contributed by atoms with Gasteiger partial charge in [0.1, 0.15) is 6.61 Å². The molecule has 1 fully saturated rings. The minimum Gasteiger partial charge on any atom is -0.391 e. The lowest BCUT2D eigenvalue weighted by Gasteiger charge is -2.20. The van der Waals surface area contributed by atoms with E-state index in [4.69, 9.17) is 10.6 Å². The van der Waals surface area contributed by atoms with Crippen LogP contribution in [0.3, 0.4) is 0 Å². The molecule has 0 amide bonds. The topological polar surface area (TPSA) is 59.6 Å². The molecule has 2 rings (SSSR count). The summed E-state index contributed by atoms with van der Waals surface area (Å²) in [7, 11) is 0. The van der Waals surface area contributed by atoms with Crippen LogP contribution in [-0.4, -0.2) is 24.8 Å². The molecule has 4 heteroatoms. The van der Waals surface area contributed by atoms with Crippen LogP contribution in [0.25, 0.3) is 0 Å². The molecule has 1 aromatic rings. The van der Waals surface area contributed by atoms with Crippen LogP contribution in [0.5, 0.6) is 0 Å². The molecule has 0 aliphatic carbocycles. The predicted octanol–water partition coefficient (Wildman–Crippen LogP) is 0.880. The molecule has 0 radical (unpaired) electrons. The average Bonchev–Trinajstić information content (AvgIpc) is 2.33. The zero-order valence-electron chi connectivity index (χ0n) is 9.23. The highest BCUT2D eigenvalue weighted by Gasteiger charge is 2.16. The lowest BCUT2D eigenvalue weighted by Crippen LogP contribution is -2.46. The second kappa shape index (κ2) is 5.63. The summed E-state index contributed by atoms with van der Waals surface area (Å²) in [6, 6.07) is 9.98. The van der Waals surface area contributed by atoms with Crippen LogP contribution >= 0.6 is 0 Å². The summed E-state index contributed by atoms with van der Waals surface area (Å²) in [5, 5.41) is 7.32. The number of nitrogens with one attached hydrogen (secondary N) is 1. The average molecular weight is 219 g/mol. The molecule has 1 atom stereocenters. The molecule has 1 heterocycles. The number of nitrogens with zero attached hydrogens (tertiary/aromatic N) is 1. The lowest BCUT2D eigenvalue weighted by atomic mass is 10.1. The molecular weight excluding hydrogens is 202 g/mol. The molecule has 4 nitrogen and oxygen atoms in total. The Balaban J connectivity index is 1.84. The third kappa shape index (κ3) is 3.05. The number of oxime groups is 1. The maximum absolute atomic E-state index is 5.89. The molecule has 3 N–H and O–H groups in total. The van der Waals surface area contributed by atoms with E-state index in [9.17, 15) is 0 Å². The smallest absolute Gasteiger partial charge is 0.142 e. The van der Waals surface area contributed by atoms with Crippen molar-refractivity contribution in [3.8, 4) is 0 Å². The minimum absolute atomic E-state index is 0.00970. The van der Waals surface area contributed by atoms with Crippen LogP contribution in [0.15, 0.2) is 35.5 Å². The summed E-state index contributed by atoms with van der Waals surface area (Å²) in [5.74, 6) is 0. The zero-order chi connectivity index (χ0) is 11.2. The van der Waals surface area contributed by atoms with Gasteiger partial charge < -0.3 is 15.9 Å². The fraction of sp³-hybridized carbons (Fsp3) is 0.417. The molecule has 0 saturated carbocycles. The number of benzene rings is 1. The van der Waals surface area contributed by atoms with Gasteiger partial charge in [0.05, 0.1) is 11.8 Å². The molecule has 1 saturated heterocycles. The van der Waals surface area contributed by atoms with E-state index < -0.39 is 0 Å². The van der Waals surface area contributed by atoms with Crippen molar-refractivity contribution in [1.82, 2.24) is 5.32 Å². The third-order valence-corrected chi connectivity index (χ3v) is 2.61. The van der Waals surface area contributed by atoms with Gasteiger partial charge in [-0.1, -0.05) is 35.5 Å². The summed E-state index contributed by atoms with van der Waals surface area (Å²) < 4.78 is 0. The van der Waals surface area contributed by atoms with Gasteiger partial charge in [-0.25, -0.2) is 0 Å². The van der Waals surface area contributed by atoms with Crippen molar-refractivity contribution in [1.29, 1.82) is 0 Å². The molecule has 0 bridgehead atoms. The van der Waals surface area contributed by atoms with Crippen LogP contribution in [-0.2, 0) is 11.4 Å². The van der Waals surface area contributed by atoms with E-state index in [0.717, 1.165) is 30.8 Å². The summed E-state index contributed by atoms with van der Waals surface area (Å²) in [5.41, 5.74) is 7.96. The standard InChI is InChI=1S/C12H17N3O/c13-11-8-14-7-6-12(11)15-16-9-10-4-2-1-3-5-10/h1-5,11,14H,6-9,13H2. The van der Waals surface area contributed by atoms with E-state index in [-0.39, 0.29) is 6.04 Å². The van der Waals surface area contributed by atoms with Crippen molar-refractivity contribution in [2.45, 2.75) is 19.1 Å². The molecular formula is C12H17N3O. The van der Waals surface area contributed by atoms with Gasteiger partial charge >= 0.3 is 0 Å². The first-order valence-electron chi connectivity index (χ1n) is 5.55. The molecule has 1 aromatic carbocycles. The number of hydrogen-bond acceptors (Lipinski definition) is 4. The van der Waals surface area contributed by atoms with Crippen LogP contribution in [0, 0.1) is 0 Å². The second-order valence-corrected chi connectivity index (χ2v) is 3.90. The predicted molar refractivity (Wildman–Crippen MR) is 64.1 cm³/mol. The normalized spacial score (nSPS) is 23.3. The first-order valence-corrected chi connectivity index (χ1v) is 5.55. The van der Waals surface area contributed by atoms with Gasteiger partial charge in [-0.15, -0.1) is 0 Å². The monoisotopic (exact) mass is 219 g/mol. The maximum atomic E-state index is 5.89. The van der Waals surface area contributed by atoms with Crippen molar-refractivity contribution in [3.05, 3.63) is 35.9 Å². The zero-order valence-corrected chi connectivity index (χ0v) is 9.23. The Labute approximate surface area is 95.5 Å². The van der Waals surface area contributed by atoms with E-state index in [0.29, 0.717) is 6.61 Å². The minimum atomic E-state index is -0.00970. The van der Waals surface area contributed by atoms with Crippen LogP contribution in [0.4, 0.5) is 0 Å². The molecule has 1 unspecified atom stereocenters. The van der Waals surface area contributed by atoms with Gasteiger partial charge in [0.15, 0.2) is 0 Å². The molecule has 86 valence electrons. The number of piperidine rings is 1. The van der Waals surface area contributed by atoms with E-state index in [1.807, 2.05) is 30.3 Å². The van der Waals surface area contributed by atoms with Crippen molar-refractivity contribution in [2.24, 2.45) is 10.9 Å². The largest absolute Gasteiger partial charge is 0.391 e. The van der Waals surface area contributed by atoms with Crippen LogP contribution in [0.2, 0.25) is 0 Å². The fourth-order valence-electron chi connectivity index (χ4n) is 1.65. The second-order valence-electron chi connectivity index (χ2n) is 3.90. The van der Waals surface area contributed by atoms with Gasteiger partial charge in [-0.05, 0) is 5.56 Å². The summed E-state index contributed by atoms with van der Waals surface area (Å²) in [6.45, 7) is 2.22. The van der Waals surface area contributed by atoms with Gasteiger partial charge in [0.2, 0.25) is 0 Å². The maximum Gasteiger partial charge on any atom is 0.142 e. The van der Waals surface area contributed by atoms with Gasteiger partial charge in [-0.3, -0.25) is 0 Å². The Kier molecular flexibility index (Phi) is 3.91. The van der Waals surface area contributed by atoms with E-state index in [2.05, 4.69) is 10.5 Å². The first-order chi connectivity index (χ1) is 7.86. The van der Waals surface area contributed by atoms with Crippen molar-refractivity contribution in [2.75, 3.05) is 13.1 Å². The number of nitrogens with two attached hydrogens (primary N) is 1. The Morgan fingerprint density at radius 2 is 2.19 bits per heavy atom. The molecule has 1 aliphatic heterocycles. The SMILES string of the molecule is NC1CNCCC1=NOCc1ccccc1. The number of hydrogen-bond donors (Lipinski definition) is 2. The molecule has 16 heavy (non-hydrogen) atoms. The highest BCUT2D eigenvalue weighted by Crippen LogP contribution is 2.03. The molecule has 0 aromatic heterocycles. The molecule has 0 spiro atoms. The fourth-order valence-corrected chi connectivity index (χ4v) is 1.65. The van der Waals surface area contributed by atoms with Crippen molar-refractivity contribution >= 4 is 5.71 Å². The van der Waals surface area contributed by atoms with Crippen LogP contribution < -0.4 is 11.1 Å². The highest BCUT2D eigenvalue weighted by atomic mass is 16.6. The number of rotatable bonds is 3. The van der Waals surface area contributed by atoms with Gasteiger partial charge in [0, 0.05) is 19.5 Å². The summed E-state index contributed by atoms with van der Waals surface area (Å²) >= 11 is 0. The van der Waals surface area contributed by atoms with E-state index >= 15 is 0 Å². The quantitative estimate of drug-likeness (QED) is 0.742. The highest BCUT2D eigenvalue weighted by molar-refractivity contribution is 5.90. The van der Waals surface area contributed by atoms with E-state index in [1.165, 1.54) is 0 Å². The Morgan fingerprint density at radius 3 is 2.94 bits per heavy atom. The van der Waals surface area contributed by atoms with Crippen molar-refractivity contribution < 1.29 is 4.84 Å². The summed E-state index contributed by atoms with van der Waals surface area (Å²) in [4.78, 5) is 5.31. The van der Waals surface area contributed by atoms with Crippen molar-refractivity contribution in [3.63, 3.8) is 0 Å². The Morgan fingerprint density at radius 1 is 1.38 bits per heavy atom. The Bertz CT molecular complexity index is 351. The molecule has 1 aliphatic rings. The third-order valence-electron chi connectivity index (χ3n) is 2.61. The summed E-state index contributed by atoms with van der Waals surface area (Å²) in [6.07, 6.45) is 0.871. The Hall–Kier alpha value is -1.39. The lowest BCUT2D eigenvalue weighted by molar-refractivity contribution is 0.128. The first kappa shape index (κ1) is 11.1. The van der Waals surface area contributed by atoms with Gasteiger partial charge in [0.25, 0.3) is 0 Å². The van der Waals surface area contributed by atoms with E-state index in [1.54, 1.807) is 0 Å². The van der Waals surface area contributed by atoms with Gasteiger partial charge in [-0.2, -0.15) is 0 Å². The van der Waals surface area contributed by atoms with Crippen LogP contribution in [0.1, 0.15) is 12.0 Å².